The van der Waals surface area contributed by atoms with Gasteiger partial charge >= 0.3 is 5.51 Å². The Morgan fingerprint density at radius 2 is 1.81 bits per heavy atom. The fourth-order valence-corrected chi connectivity index (χ4v) is 2.63. The van der Waals surface area contributed by atoms with Crippen LogP contribution in [0.2, 0.25) is 0 Å². The first-order chi connectivity index (χ1) is 9.85. The fourth-order valence-electron chi connectivity index (χ4n) is 1.61. The van der Waals surface area contributed by atoms with Gasteiger partial charge in [-0.2, -0.15) is 13.2 Å². The van der Waals surface area contributed by atoms with E-state index in [0.29, 0.717) is 10.0 Å². The van der Waals surface area contributed by atoms with Gasteiger partial charge in [0.1, 0.15) is 0 Å². The van der Waals surface area contributed by atoms with Crippen molar-refractivity contribution in [3.8, 4) is 0 Å². The zero-order valence-corrected chi connectivity index (χ0v) is 12.8. The van der Waals surface area contributed by atoms with Gasteiger partial charge in [-0.15, -0.1) is 0 Å². The number of thioether (sulfide) groups is 1. The molecule has 0 saturated carbocycles. The summed E-state index contributed by atoms with van der Waals surface area (Å²) in [5.74, 6) is -0.466. The third kappa shape index (κ3) is 4.78. The largest absolute Gasteiger partial charge is 0.446 e. The van der Waals surface area contributed by atoms with Crippen LogP contribution in [0.4, 0.5) is 18.9 Å². The Balaban J connectivity index is 2.22. The van der Waals surface area contributed by atoms with Crippen LogP contribution in [0.3, 0.4) is 0 Å². The van der Waals surface area contributed by atoms with Gasteiger partial charge in [0.05, 0.1) is 5.69 Å². The minimum atomic E-state index is -4.41. The van der Waals surface area contributed by atoms with E-state index in [-0.39, 0.29) is 22.3 Å². The number of halogens is 4. The molecule has 0 fully saturated rings. The van der Waals surface area contributed by atoms with Gasteiger partial charge in [-0.3, -0.25) is 4.79 Å². The lowest BCUT2D eigenvalue weighted by Crippen LogP contribution is -2.13. The number of rotatable bonds is 3. The molecule has 0 aliphatic carbocycles. The molecule has 0 bridgehead atoms. The SMILES string of the molecule is O=C(Nc1ccccc1SC(F)(F)F)c1cccc(Br)c1. The molecule has 0 unspecified atom stereocenters. The molecule has 0 radical (unpaired) electrons. The number of anilines is 1. The minimum Gasteiger partial charge on any atom is -0.321 e. The highest BCUT2D eigenvalue weighted by Gasteiger charge is 2.30. The Kier molecular flexibility index (Phi) is 4.95. The van der Waals surface area contributed by atoms with Crippen molar-refractivity contribution < 1.29 is 18.0 Å². The summed E-state index contributed by atoms with van der Waals surface area (Å²) in [6.45, 7) is 0. The molecule has 0 aliphatic heterocycles. The molecule has 0 aromatic heterocycles. The van der Waals surface area contributed by atoms with Gasteiger partial charge in [-0.1, -0.05) is 34.1 Å². The fraction of sp³-hybridized carbons (Fsp3) is 0.0714. The first kappa shape index (κ1) is 15.9. The summed E-state index contributed by atoms with van der Waals surface area (Å²) >= 11 is 2.98. The lowest BCUT2D eigenvalue weighted by molar-refractivity contribution is -0.0328. The van der Waals surface area contributed by atoms with Crippen molar-refractivity contribution in [2.24, 2.45) is 0 Å². The molecule has 2 aromatic rings. The van der Waals surface area contributed by atoms with Gasteiger partial charge in [0.2, 0.25) is 0 Å². The Labute approximate surface area is 131 Å². The number of benzene rings is 2. The van der Waals surface area contributed by atoms with Gasteiger partial charge < -0.3 is 5.32 Å². The molecule has 2 nitrogen and oxygen atoms in total. The van der Waals surface area contributed by atoms with Gasteiger partial charge in [-0.05, 0) is 42.1 Å². The first-order valence-corrected chi connectivity index (χ1v) is 7.38. The van der Waals surface area contributed by atoms with Crippen molar-refractivity contribution in [2.45, 2.75) is 10.4 Å². The zero-order chi connectivity index (χ0) is 15.5. The highest BCUT2D eigenvalue weighted by atomic mass is 79.9. The van der Waals surface area contributed by atoms with Crippen LogP contribution >= 0.6 is 27.7 Å². The molecule has 7 heteroatoms. The van der Waals surface area contributed by atoms with Crippen molar-refractivity contribution in [3.63, 3.8) is 0 Å². The van der Waals surface area contributed by atoms with Crippen LogP contribution in [-0.4, -0.2) is 11.4 Å². The van der Waals surface area contributed by atoms with Crippen molar-refractivity contribution in [1.29, 1.82) is 0 Å². The summed E-state index contributed by atoms with van der Waals surface area (Å²) < 4.78 is 38.2. The van der Waals surface area contributed by atoms with Crippen LogP contribution in [0.1, 0.15) is 10.4 Å². The molecule has 0 saturated heterocycles. The van der Waals surface area contributed by atoms with Gasteiger partial charge in [0.25, 0.3) is 5.91 Å². The molecular weight excluding hydrogens is 367 g/mol. The smallest absolute Gasteiger partial charge is 0.321 e. The van der Waals surface area contributed by atoms with E-state index in [4.69, 9.17) is 0 Å². The molecule has 0 aliphatic rings. The highest BCUT2D eigenvalue weighted by Crippen LogP contribution is 2.40. The summed E-state index contributed by atoms with van der Waals surface area (Å²) in [6, 6.07) is 12.4. The summed E-state index contributed by atoms with van der Waals surface area (Å²) in [7, 11) is 0. The van der Waals surface area contributed by atoms with Crippen molar-refractivity contribution in [1.82, 2.24) is 0 Å². The predicted molar refractivity (Wildman–Crippen MR) is 80.4 cm³/mol. The third-order valence-corrected chi connectivity index (χ3v) is 3.75. The summed E-state index contributed by atoms with van der Waals surface area (Å²) in [5, 5.41) is 2.50. The maximum Gasteiger partial charge on any atom is 0.446 e. The summed E-state index contributed by atoms with van der Waals surface area (Å²) in [4.78, 5) is 12.0. The number of carbonyl (C=O) groups excluding carboxylic acids is 1. The number of alkyl halides is 3. The Hall–Kier alpha value is -1.47. The first-order valence-electron chi connectivity index (χ1n) is 5.77. The topological polar surface area (TPSA) is 29.1 Å². The van der Waals surface area contributed by atoms with Crippen LogP contribution in [-0.2, 0) is 0 Å². The molecule has 2 rings (SSSR count). The van der Waals surface area contributed by atoms with Crippen LogP contribution in [0.15, 0.2) is 57.9 Å². The average molecular weight is 376 g/mol. The van der Waals surface area contributed by atoms with E-state index >= 15 is 0 Å². The minimum absolute atomic E-state index is 0.0478. The lowest BCUT2D eigenvalue weighted by Gasteiger charge is -2.12. The highest BCUT2D eigenvalue weighted by molar-refractivity contribution is 9.10. The molecule has 0 atom stereocenters. The van der Waals surface area contributed by atoms with E-state index in [1.807, 2.05) is 0 Å². The maximum absolute atomic E-state index is 12.5. The van der Waals surface area contributed by atoms with Crippen molar-refractivity contribution in [3.05, 3.63) is 58.6 Å². The van der Waals surface area contributed by atoms with Gasteiger partial charge in [-0.25, -0.2) is 0 Å². The Morgan fingerprint density at radius 3 is 2.48 bits per heavy atom. The average Bonchev–Trinajstić information content (AvgIpc) is 2.39. The van der Waals surface area contributed by atoms with E-state index < -0.39 is 11.4 Å². The number of hydrogen-bond acceptors (Lipinski definition) is 2. The molecule has 1 N–H and O–H groups in total. The summed E-state index contributed by atoms with van der Waals surface area (Å²) in [6.07, 6.45) is 0. The van der Waals surface area contributed by atoms with E-state index in [1.54, 1.807) is 30.3 Å². The molecule has 0 spiro atoms. The Bertz CT molecular complexity index is 661. The van der Waals surface area contributed by atoms with Crippen LogP contribution in [0.25, 0.3) is 0 Å². The number of nitrogens with one attached hydrogen (secondary N) is 1. The van der Waals surface area contributed by atoms with Crippen LogP contribution in [0.5, 0.6) is 0 Å². The van der Waals surface area contributed by atoms with Gasteiger partial charge in [0, 0.05) is 14.9 Å². The monoisotopic (exact) mass is 375 g/mol. The molecule has 0 heterocycles. The molecule has 1 amide bonds. The van der Waals surface area contributed by atoms with E-state index in [9.17, 15) is 18.0 Å². The van der Waals surface area contributed by atoms with Crippen LogP contribution < -0.4 is 5.32 Å². The second-order valence-corrected chi connectivity index (χ2v) is 6.03. The third-order valence-electron chi connectivity index (χ3n) is 2.45. The maximum atomic E-state index is 12.5. The molecular formula is C14H9BrF3NOS. The quantitative estimate of drug-likeness (QED) is 0.736. The standard InChI is InChI=1S/C14H9BrF3NOS/c15-10-5-3-4-9(8-10)13(20)19-11-6-1-2-7-12(11)21-14(16,17)18/h1-8H,(H,19,20). The molecule has 21 heavy (non-hydrogen) atoms. The van der Waals surface area contributed by atoms with E-state index in [1.165, 1.54) is 18.2 Å². The summed E-state index contributed by atoms with van der Waals surface area (Å²) in [5.41, 5.74) is -3.92. The molecule has 110 valence electrons. The normalized spacial score (nSPS) is 11.2. The van der Waals surface area contributed by atoms with Crippen molar-refractivity contribution in [2.75, 3.05) is 5.32 Å². The number of para-hydroxylation sites is 1. The van der Waals surface area contributed by atoms with Gasteiger partial charge in [0.15, 0.2) is 0 Å². The van der Waals surface area contributed by atoms with Crippen LogP contribution in [0, 0.1) is 0 Å². The second kappa shape index (κ2) is 6.53. The Morgan fingerprint density at radius 1 is 1.10 bits per heavy atom. The number of hydrogen-bond donors (Lipinski definition) is 1. The second-order valence-electron chi connectivity index (χ2n) is 4.01. The zero-order valence-electron chi connectivity index (χ0n) is 10.4. The predicted octanol–water partition coefficient (Wildman–Crippen LogP) is 5.31. The number of carbonyl (C=O) groups is 1. The molecule has 2 aromatic carbocycles. The van der Waals surface area contributed by atoms with E-state index in [0.717, 1.165) is 0 Å². The van der Waals surface area contributed by atoms with E-state index in [2.05, 4.69) is 21.2 Å². The lowest BCUT2D eigenvalue weighted by atomic mass is 10.2. The number of amides is 1. The van der Waals surface area contributed by atoms with Crippen molar-refractivity contribution >= 4 is 39.3 Å².